The van der Waals surface area contributed by atoms with Crippen LogP contribution in [-0.4, -0.2) is 51.8 Å². The molecule has 20 heavy (non-hydrogen) atoms. The Morgan fingerprint density at radius 3 is 2.50 bits per heavy atom. The van der Waals surface area contributed by atoms with Crippen molar-refractivity contribution in [2.24, 2.45) is 0 Å². The van der Waals surface area contributed by atoms with Gasteiger partial charge in [0, 0.05) is 13.1 Å². The summed E-state index contributed by atoms with van der Waals surface area (Å²) in [5.41, 5.74) is 0.711. The van der Waals surface area contributed by atoms with Crippen LogP contribution in [0.2, 0.25) is 0 Å². The van der Waals surface area contributed by atoms with Crippen molar-refractivity contribution < 1.29 is 14.5 Å². The van der Waals surface area contributed by atoms with Crippen LogP contribution in [0, 0.1) is 24.0 Å². The van der Waals surface area contributed by atoms with E-state index in [1.807, 2.05) is 0 Å². The second kappa shape index (κ2) is 5.58. The summed E-state index contributed by atoms with van der Waals surface area (Å²) in [6.07, 6.45) is 0. The van der Waals surface area contributed by atoms with E-state index in [9.17, 15) is 14.9 Å². The first kappa shape index (κ1) is 14.4. The average molecular weight is 282 g/mol. The minimum absolute atomic E-state index is 0.0216. The van der Waals surface area contributed by atoms with Gasteiger partial charge in [0.05, 0.1) is 18.1 Å². The van der Waals surface area contributed by atoms with Crippen molar-refractivity contribution in [3.63, 3.8) is 0 Å². The normalized spacial score (nSPS) is 17.1. The Hall–Kier alpha value is -1.96. The summed E-state index contributed by atoms with van der Waals surface area (Å²) in [7, 11) is 0. The second-order valence-corrected chi connectivity index (χ2v) is 4.83. The summed E-state index contributed by atoms with van der Waals surface area (Å²) in [4.78, 5) is 24.6. The van der Waals surface area contributed by atoms with Crippen molar-refractivity contribution in [1.82, 2.24) is 14.7 Å². The van der Waals surface area contributed by atoms with E-state index < -0.39 is 11.0 Å². The van der Waals surface area contributed by atoms with Gasteiger partial charge in [-0.15, -0.1) is 0 Å². The Bertz CT molecular complexity index is 534. The fourth-order valence-electron chi connectivity index (χ4n) is 2.45. The predicted molar refractivity (Wildman–Crippen MR) is 70.5 cm³/mol. The summed E-state index contributed by atoms with van der Waals surface area (Å²) < 4.78 is 6.64. The number of aromatic nitrogens is 2. The minimum Gasteiger partial charge on any atom is -0.378 e. The molecule has 2 heterocycles. The van der Waals surface area contributed by atoms with Crippen LogP contribution in [0.15, 0.2) is 0 Å². The monoisotopic (exact) mass is 282 g/mol. The molecule has 0 unspecified atom stereocenters. The third-order valence-electron chi connectivity index (χ3n) is 3.52. The molecule has 8 nitrogen and oxygen atoms in total. The molecule has 1 amide bonds. The highest BCUT2D eigenvalue weighted by Crippen LogP contribution is 2.25. The lowest BCUT2D eigenvalue weighted by molar-refractivity contribution is -0.386. The number of morpholine rings is 1. The van der Waals surface area contributed by atoms with E-state index in [0.29, 0.717) is 37.7 Å². The Balaban J connectivity index is 2.24. The van der Waals surface area contributed by atoms with Crippen LogP contribution in [-0.2, 0) is 9.53 Å². The van der Waals surface area contributed by atoms with Gasteiger partial charge in [-0.05, 0) is 20.8 Å². The number of carbonyl (C=O) groups is 1. The van der Waals surface area contributed by atoms with Crippen molar-refractivity contribution >= 4 is 11.6 Å². The fourth-order valence-corrected chi connectivity index (χ4v) is 2.45. The highest BCUT2D eigenvalue weighted by molar-refractivity contribution is 5.80. The molecule has 0 N–H and O–H groups in total. The largest absolute Gasteiger partial charge is 0.378 e. The minimum atomic E-state index is -0.555. The average Bonchev–Trinajstić information content (AvgIpc) is 2.73. The van der Waals surface area contributed by atoms with Crippen molar-refractivity contribution in [3.05, 3.63) is 21.5 Å². The molecule has 0 spiro atoms. The quantitative estimate of drug-likeness (QED) is 0.605. The van der Waals surface area contributed by atoms with Gasteiger partial charge in [0.2, 0.25) is 5.91 Å². The molecule has 2 rings (SSSR count). The van der Waals surface area contributed by atoms with E-state index in [2.05, 4.69) is 5.10 Å². The SMILES string of the molecule is Cc1nn([C@H](C)C(=O)N2CCOCC2)c(C)c1[N+](=O)[O-]. The molecule has 1 aromatic heterocycles. The third kappa shape index (κ3) is 2.51. The van der Waals surface area contributed by atoms with Gasteiger partial charge in [0.1, 0.15) is 17.4 Å². The van der Waals surface area contributed by atoms with Crippen LogP contribution < -0.4 is 0 Å². The molecule has 0 aromatic carbocycles. The van der Waals surface area contributed by atoms with Gasteiger partial charge in [-0.1, -0.05) is 0 Å². The fraction of sp³-hybridized carbons (Fsp3) is 0.667. The van der Waals surface area contributed by atoms with E-state index >= 15 is 0 Å². The maximum atomic E-state index is 12.4. The van der Waals surface area contributed by atoms with Crippen LogP contribution in [0.5, 0.6) is 0 Å². The summed E-state index contributed by atoms with van der Waals surface area (Å²) >= 11 is 0. The van der Waals surface area contributed by atoms with Crippen molar-refractivity contribution in [1.29, 1.82) is 0 Å². The zero-order valence-corrected chi connectivity index (χ0v) is 11.8. The maximum absolute atomic E-state index is 12.4. The van der Waals surface area contributed by atoms with Gasteiger partial charge in [0.25, 0.3) is 0 Å². The first-order valence-electron chi connectivity index (χ1n) is 6.50. The van der Waals surface area contributed by atoms with Gasteiger partial charge >= 0.3 is 5.69 Å². The lowest BCUT2D eigenvalue weighted by Gasteiger charge is -2.29. The molecule has 0 radical (unpaired) electrons. The lowest BCUT2D eigenvalue weighted by atomic mass is 10.2. The first-order valence-corrected chi connectivity index (χ1v) is 6.50. The molecule has 1 aliphatic heterocycles. The standard InChI is InChI=1S/C12H18N4O4/c1-8-11(16(18)19)9(2)15(13-8)10(3)12(17)14-4-6-20-7-5-14/h10H,4-7H2,1-3H3/t10-/m1/s1. The number of rotatable bonds is 3. The molecule has 110 valence electrons. The number of hydrogen-bond donors (Lipinski definition) is 0. The maximum Gasteiger partial charge on any atom is 0.312 e. The van der Waals surface area contributed by atoms with E-state index in [-0.39, 0.29) is 11.6 Å². The first-order chi connectivity index (χ1) is 9.43. The van der Waals surface area contributed by atoms with Crippen LogP contribution in [0.4, 0.5) is 5.69 Å². The predicted octanol–water partition coefficient (Wildman–Crippen LogP) is 0.828. The zero-order chi connectivity index (χ0) is 14.9. The molecule has 1 aromatic rings. The van der Waals surface area contributed by atoms with Crippen molar-refractivity contribution in [3.8, 4) is 0 Å². The number of carbonyl (C=O) groups excluding carboxylic acids is 1. The van der Waals surface area contributed by atoms with E-state index in [0.717, 1.165) is 0 Å². The second-order valence-electron chi connectivity index (χ2n) is 4.83. The van der Waals surface area contributed by atoms with Gasteiger partial charge in [0.15, 0.2) is 0 Å². The Kier molecular flexibility index (Phi) is 4.03. The van der Waals surface area contributed by atoms with Gasteiger partial charge in [-0.3, -0.25) is 19.6 Å². The number of amides is 1. The van der Waals surface area contributed by atoms with Crippen LogP contribution >= 0.6 is 0 Å². The molecule has 1 atom stereocenters. The highest BCUT2D eigenvalue weighted by Gasteiger charge is 2.29. The molecule has 1 fully saturated rings. The van der Waals surface area contributed by atoms with Crippen LogP contribution in [0.3, 0.4) is 0 Å². The highest BCUT2D eigenvalue weighted by atomic mass is 16.6. The molecule has 8 heteroatoms. The summed E-state index contributed by atoms with van der Waals surface area (Å²) in [6.45, 7) is 7.04. The van der Waals surface area contributed by atoms with E-state index in [1.165, 1.54) is 4.68 Å². The Morgan fingerprint density at radius 1 is 1.40 bits per heavy atom. The number of nitro groups is 1. The number of nitrogens with zero attached hydrogens (tertiary/aromatic N) is 4. The molecule has 1 saturated heterocycles. The van der Waals surface area contributed by atoms with Crippen molar-refractivity contribution in [2.45, 2.75) is 26.8 Å². The van der Waals surface area contributed by atoms with Gasteiger partial charge in [-0.25, -0.2) is 0 Å². The molecular weight excluding hydrogens is 264 g/mol. The topological polar surface area (TPSA) is 90.5 Å². The smallest absolute Gasteiger partial charge is 0.312 e. The molecule has 0 saturated carbocycles. The molecule has 1 aliphatic rings. The summed E-state index contributed by atoms with van der Waals surface area (Å²) in [5, 5.41) is 15.1. The third-order valence-corrected chi connectivity index (χ3v) is 3.52. The summed E-state index contributed by atoms with van der Waals surface area (Å²) in [6, 6.07) is -0.555. The van der Waals surface area contributed by atoms with E-state index in [4.69, 9.17) is 4.74 Å². The van der Waals surface area contributed by atoms with Gasteiger partial charge in [-0.2, -0.15) is 5.10 Å². The van der Waals surface area contributed by atoms with Crippen molar-refractivity contribution in [2.75, 3.05) is 26.3 Å². The molecule has 0 aliphatic carbocycles. The Morgan fingerprint density at radius 2 is 2.00 bits per heavy atom. The van der Waals surface area contributed by atoms with Crippen LogP contribution in [0.1, 0.15) is 24.4 Å². The lowest BCUT2D eigenvalue weighted by Crippen LogP contribution is -2.44. The number of ether oxygens (including phenoxy) is 1. The number of hydrogen-bond acceptors (Lipinski definition) is 5. The zero-order valence-electron chi connectivity index (χ0n) is 11.8. The molecule has 0 bridgehead atoms. The van der Waals surface area contributed by atoms with Gasteiger partial charge < -0.3 is 9.64 Å². The van der Waals surface area contributed by atoms with E-state index in [1.54, 1.807) is 25.7 Å². The summed E-state index contributed by atoms with van der Waals surface area (Å²) in [5.74, 6) is -0.0891. The number of aryl methyl sites for hydroxylation is 1. The van der Waals surface area contributed by atoms with Crippen LogP contribution in [0.25, 0.3) is 0 Å². The Labute approximate surface area is 116 Å². The molecular formula is C12H18N4O4.